The number of pyridine rings is 2. The summed E-state index contributed by atoms with van der Waals surface area (Å²) in [5, 5.41) is 2.85. The first-order valence-corrected chi connectivity index (χ1v) is 10.4. The Morgan fingerprint density at radius 3 is 2.54 bits per heavy atom. The molecule has 4 heterocycles. The highest BCUT2D eigenvalue weighted by atomic mass is 19.4. The Balaban J connectivity index is 1.54. The number of aromatic nitrogens is 4. The van der Waals surface area contributed by atoms with Crippen LogP contribution < -0.4 is 10.2 Å². The van der Waals surface area contributed by atoms with E-state index in [1.165, 1.54) is 31.5 Å². The monoisotopic (exact) mass is 494 g/mol. The topological polar surface area (TPSA) is 93.1 Å². The Morgan fingerprint density at radius 2 is 1.86 bits per heavy atom. The minimum Gasteiger partial charge on any atom is -0.447 e. The van der Waals surface area contributed by atoms with Gasteiger partial charge in [-0.3, -0.25) is 14.9 Å². The molecule has 1 saturated heterocycles. The molecule has 3 atom stereocenters. The fourth-order valence-corrected chi connectivity index (χ4v) is 3.54. The van der Waals surface area contributed by atoms with Crippen molar-refractivity contribution in [2.75, 3.05) is 16.8 Å². The van der Waals surface area contributed by atoms with E-state index < -0.39 is 42.0 Å². The van der Waals surface area contributed by atoms with Crippen LogP contribution in [0.1, 0.15) is 31.3 Å². The van der Waals surface area contributed by atoms with Gasteiger partial charge in [0, 0.05) is 24.2 Å². The number of nitrogens with one attached hydrogen (secondary N) is 1. The highest BCUT2D eigenvalue weighted by Crippen LogP contribution is 2.31. The van der Waals surface area contributed by atoms with Crippen LogP contribution in [0.5, 0.6) is 0 Å². The standard InChI is InChI=1S/C22H19F5N6O2/c1-11(23)16-10-35-21(34)33(16)18-4-6-29-20(32-18)31-12(2)19-15(24)7-14(9-30-19)13-3-5-28-17(8-13)22(25,26)27/h3-9,11-12,16H,10H2,1-2H3,(H,29,31,32)/t11-,12-,16+/m0/s1. The first-order chi connectivity index (χ1) is 16.5. The summed E-state index contributed by atoms with van der Waals surface area (Å²) in [4.78, 5) is 28.7. The van der Waals surface area contributed by atoms with Gasteiger partial charge >= 0.3 is 12.3 Å². The number of anilines is 2. The molecule has 1 N–H and O–H groups in total. The molecule has 3 aromatic heterocycles. The zero-order valence-corrected chi connectivity index (χ0v) is 18.4. The molecular formula is C22H19F5N6O2. The summed E-state index contributed by atoms with van der Waals surface area (Å²) < 4.78 is 72.4. The molecule has 35 heavy (non-hydrogen) atoms. The second kappa shape index (κ2) is 9.39. The Labute approximate surface area is 196 Å². The summed E-state index contributed by atoms with van der Waals surface area (Å²) in [5.41, 5.74) is -0.888. The van der Waals surface area contributed by atoms with E-state index in [1.54, 1.807) is 6.92 Å². The molecule has 1 aliphatic heterocycles. The maximum atomic E-state index is 14.8. The van der Waals surface area contributed by atoms with Crippen LogP contribution in [0.2, 0.25) is 0 Å². The lowest BCUT2D eigenvalue weighted by molar-refractivity contribution is -0.141. The zero-order valence-electron chi connectivity index (χ0n) is 18.4. The summed E-state index contributed by atoms with van der Waals surface area (Å²) in [7, 11) is 0. The number of ether oxygens (including phenoxy) is 1. The number of halogens is 5. The van der Waals surface area contributed by atoms with E-state index in [9.17, 15) is 26.7 Å². The van der Waals surface area contributed by atoms with Gasteiger partial charge in [-0.15, -0.1) is 0 Å². The molecular weight excluding hydrogens is 475 g/mol. The molecule has 3 aromatic rings. The van der Waals surface area contributed by atoms with Gasteiger partial charge in [0.25, 0.3) is 0 Å². The largest absolute Gasteiger partial charge is 0.447 e. The SMILES string of the molecule is C[C@H](Nc1nccc(N2C(=O)OC[C@@H]2[C@H](C)F)n1)c1ncc(-c2ccnc(C(F)(F)F)c2)cc1F. The first kappa shape index (κ1) is 24.2. The van der Waals surface area contributed by atoms with Crippen molar-refractivity contribution in [1.29, 1.82) is 0 Å². The molecule has 1 amide bonds. The van der Waals surface area contributed by atoms with E-state index in [2.05, 4.69) is 25.3 Å². The molecule has 4 rings (SSSR count). The molecule has 0 unspecified atom stereocenters. The maximum Gasteiger partial charge on any atom is 0.433 e. The number of alkyl halides is 4. The van der Waals surface area contributed by atoms with Gasteiger partial charge in [-0.25, -0.2) is 18.6 Å². The van der Waals surface area contributed by atoms with Crippen LogP contribution in [-0.4, -0.2) is 44.8 Å². The Morgan fingerprint density at radius 1 is 1.11 bits per heavy atom. The molecule has 0 saturated carbocycles. The Kier molecular flexibility index (Phi) is 6.50. The second-order valence-corrected chi connectivity index (χ2v) is 7.81. The second-order valence-electron chi connectivity index (χ2n) is 7.81. The van der Waals surface area contributed by atoms with Crippen molar-refractivity contribution in [3.8, 4) is 11.1 Å². The average molecular weight is 494 g/mol. The molecule has 0 aliphatic carbocycles. The Bertz CT molecular complexity index is 1240. The molecule has 0 bridgehead atoms. The lowest BCUT2D eigenvalue weighted by atomic mass is 10.1. The molecule has 8 nitrogen and oxygen atoms in total. The van der Waals surface area contributed by atoms with Gasteiger partial charge in [0.1, 0.15) is 36.1 Å². The van der Waals surface area contributed by atoms with E-state index >= 15 is 0 Å². The summed E-state index contributed by atoms with van der Waals surface area (Å²) >= 11 is 0. The summed E-state index contributed by atoms with van der Waals surface area (Å²) in [5.74, 6) is -0.638. The Hall–Kier alpha value is -3.90. The fourth-order valence-electron chi connectivity index (χ4n) is 3.54. The van der Waals surface area contributed by atoms with Crippen molar-refractivity contribution in [3.05, 3.63) is 60.1 Å². The summed E-state index contributed by atoms with van der Waals surface area (Å²) in [6, 6.07) is 3.01. The number of carbonyl (C=O) groups is 1. The number of hydrogen-bond donors (Lipinski definition) is 1. The maximum absolute atomic E-state index is 14.8. The van der Waals surface area contributed by atoms with Gasteiger partial charge in [0.2, 0.25) is 5.95 Å². The van der Waals surface area contributed by atoms with Crippen LogP contribution in [0.3, 0.4) is 0 Å². The predicted molar refractivity (Wildman–Crippen MR) is 115 cm³/mol. The quantitative estimate of drug-likeness (QED) is 0.485. The molecule has 1 aliphatic rings. The number of amides is 1. The minimum absolute atomic E-state index is 0.0224. The van der Waals surface area contributed by atoms with E-state index in [4.69, 9.17) is 4.74 Å². The van der Waals surface area contributed by atoms with Gasteiger partial charge in [0.15, 0.2) is 0 Å². The molecule has 184 valence electrons. The molecule has 0 radical (unpaired) electrons. The molecule has 0 aromatic carbocycles. The minimum atomic E-state index is -4.64. The average Bonchev–Trinajstić information content (AvgIpc) is 3.20. The molecule has 13 heteroatoms. The third-order valence-electron chi connectivity index (χ3n) is 5.33. The van der Waals surface area contributed by atoms with Gasteiger partial charge in [-0.05, 0) is 43.7 Å². The van der Waals surface area contributed by atoms with Crippen molar-refractivity contribution in [2.45, 2.75) is 38.3 Å². The lowest BCUT2D eigenvalue weighted by Gasteiger charge is -2.22. The van der Waals surface area contributed by atoms with Crippen molar-refractivity contribution < 1.29 is 31.5 Å². The summed E-state index contributed by atoms with van der Waals surface area (Å²) in [6.45, 7) is 2.75. The number of cyclic esters (lactones) is 1. The summed E-state index contributed by atoms with van der Waals surface area (Å²) in [6.07, 6.45) is -3.17. The van der Waals surface area contributed by atoms with Crippen molar-refractivity contribution in [3.63, 3.8) is 0 Å². The van der Waals surface area contributed by atoms with E-state index in [-0.39, 0.29) is 35.2 Å². The van der Waals surface area contributed by atoms with E-state index in [0.29, 0.717) is 0 Å². The van der Waals surface area contributed by atoms with Gasteiger partial charge in [-0.1, -0.05) is 0 Å². The van der Waals surface area contributed by atoms with Crippen molar-refractivity contribution >= 4 is 17.9 Å². The normalized spacial score (nSPS) is 17.7. The van der Waals surface area contributed by atoms with Crippen LogP contribution in [0.15, 0.2) is 42.9 Å². The number of carbonyl (C=O) groups excluding carboxylic acids is 1. The van der Waals surface area contributed by atoms with Gasteiger partial charge in [-0.2, -0.15) is 18.2 Å². The lowest BCUT2D eigenvalue weighted by Crippen LogP contribution is -2.39. The number of hydrogen-bond acceptors (Lipinski definition) is 7. The first-order valence-electron chi connectivity index (χ1n) is 10.4. The van der Waals surface area contributed by atoms with Crippen molar-refractivity contribution in [2.24, 2.45) is 0 Å². The predicted octanol–water partition coefficient (Wildman–Crippen LogP) is 4.95. The van der Waals surface area contributed by atoms with Crippen LogP contribution in [-0.2, 0) is 10.9 Å². The zero-order chi connectivity index (χ0) is 25.3. The van der Waals surface area contributed by atoms with Gasteiger partial charge < -0.3 is 10.1 Å². The van der Waals surface area contributed by atoms with E-state index in [0.717, 1.165) is 23.2 Å². The van der Waals surface area contributed by atoms with Crippen LogP contribution >= 0.6 is 0 Å². The smallest absolute Gasteiger partial charge is 0.433 e. The van der Waals surface area contributed by atoms with E-state index in [1.807, 2.05) is 0 Å². The van der Waals surface area contributed by atoms with Gasteiger partial charge in [0.05, 0.1) is 11.7 Å². The molecule has 0 spiro atoms. The number of nitrogens with zero attached hydrogens (tertiary/aromatic N) is 5. The third-order valence-corrected chi connectivity index (χ3v) is 5.33. The van der Waals surface area contributed by atoms with Crippen LogP contribution in [0.25, 0.3) is 11.1 Å². The van der Waals surface area contributed by atoms with Crippen molar-refractivity contribution in [1.82, 2.24) is 19.9 Å². The van der Waals surface area contributed by atoms with Crippen LogP contribution in [0, 0.1) is 5.82 Å². The highest BCUT2D eigenvalue weighted by Gasteiger charge is 2.39. The number of rotatable bonds is 6. The molecule has 1 fully saturated rings. The van der Waals surface area contributed by atoms with Crippen LogP contribution in [0.4, 0.5) is 38.5 Å². The third kappa shape index (κ3) is 5.12. The fraction of sp³-hybridized carbons (Fsp3) is 0.318. The highest BCUT2D eigenvalue weighted by molar-refractivity contribution is 5.89.